The summed E-state index contributed by atoms with van der Waals surface area (Å²) in [5.41, 5.74) is 0. The Bertz CT molecular complexity index is 320. The summed E-state index contributed by atoms with van der Waals surface area (Å²) >= 11 is 11.6. The number of nitrogens with one attached hydrogen (secondary N) is 1. The summed E-state index contributed by atoms with van der Waals surface area (Å²) in [5, 5.41) is 2.65. The van der Waals surface area contributed by atoms with Crippen LogP contribution in [0.5, 0.6) is 0 Å². The van der Waals surface area contributed by atoms with Crippen molar-refractivity contribution in [2.45, 2.75) is 37.1 Å². The molecule has 4 nitrogen and oxygen atoms in total. The molecule has 0 aromatic heterocycles. The van der Waals surface area contributed by atoms with E-state index in [9.17, 15) is 9.59 Å². The first-order chi connectivity index (χ1) is 7.83. The fraction of sp³-hybridized carbons (Fsp3) is 0.818. The van der Waals surface area contributed by atoms with Crippen LogP contribution in [0.25, 0.3) is 0 Å². The van der Waals surface area contributed by atoms with E-state index in [0.717, 1.165) is 6.42 Å². The Morgan fingerprint density at radius 2 is 2.06 bits per heavy atom. The molecule has 0 spiro atoms. The summed E-state index contributed by atoms with van der Waals surface area (Å²) in [4.78, 5) is 23.3. The summed E-state index contributed by atoms with van der Waals surface area (Å²) in [5.74, 6) is -1.15. The number of hydrogen-bond acceptors (Lipinski definition) is 3. The highest BCUT2D eigenvalue weighted by atomic mass is 35.5. The highest BCUT2D eigenvalue weighted by Gasteiger charge is 2.56. The van der Waals surface area contributed by atoms with E-state index in [1.54, 1.807) is 0 Å². The van der Waals surface area contributed by atoms with Crippen molar-refractivity contribution in [3.63, 3.8) is 0 Å². The van der Waals surface area contributed by atoms with Crippen LogP contribution in [0, 0.1) is 11.8 Å². The molecule has 6 heteroatoms. The van der Waals surface area contributed by atoms with E-state index in [-0.39, 0.29) is 11.8 Å². The third kappa shape index (κ3) is 3.49. The first-order valence-electron chi connectivity index (χ1n) is 5.59. The zero-order valence-corrected chi connectivity index (χ0v) is 11.6. The van der Waals surface area contributed by atoms with Crippen LogP contribution in [0.15, 0.2) is 0 Å². The third-order valence-electron chi connectivity index (χ3n) is 3.11. The minimum Gasteiger partial charge on any atom is -0.467 e. The molecule has 0 radical (unpaired) electrons. The molecular formula is C11H17Cl2NO3. The Hall–Kier alpha value is -0.480. The van der Waals surface area contributed by atoms with Crippen molar-refractivity contribution in [2.24, 2.45) is 11.8 Å². The molecule has 1 amide bonds. The van der Waals surface area contributed by atoms with Gasteiger partial charge in [0.1, 0.15) is 10.4 Å². The summed E-state index contributed by atoms with van der Waals surface area (Å²) in [6.07, 6.45) is 1.19. The van der Waals surface area contributed by atoms with Gasteiger partial charge >= 0.3 is 5.97 Å². The number of ether oxygens (including phenoxy) is 1. The maximum Gasteiger partial charge on any atom is 0.328 e. The van der Waals surface area contributed by atoms with Crippen molar-refractivity contribution in [2.75, 3.05) is 7.11 Å². The Labute approximate surface area is 111 Å². The average Bonchev–Trinajstić information content (AvgIpc) is 2.93. The number of amides is 1. The zero-order valence-electron chi connectivity index (χ0n) is 10.1. The molecule has 0 aromatic rings. The number of rotatable bonds is 5. The summed E-state index contributed by atoms with van der Waals surface area (Å²) < 4.78 is 3.70. The highest BCUT2D eigenvalue weighted by Crippen LogP contribution is 2.53. The largest absolute Gasteiger partial charge is 0.467 e. The minimum absolute atomic E-state index is 0.00482. The van der Waals surface area contributed by atoms with Gasteiger partial charge < -0.3 is 10.1 Å². The molecule has 0 aromatic carbocycles. The van der Waals surface area contributed by atoms with Crippen LogP contribution in [-0.2, 0) is 14.3 Å². The van der Waals surface area contributed by atoms with Gasteiger partial charge in [-0.05, 0) is 12.3 Å². The predicted molar refractivity (Wildman–Crippen MR) is 65.9 cm³/mol. The van der Waals surface area contributed by atoms with Crippen molar-refractivity contribution in [1.82, 2.24) is 5.32 Å². The van der Waals surface area contributed by atoms with E-state index in [0.29, 0.717) is 6.42 Å². The van der Waals surface area contributed by atoms with Gasteiger partial charge in [-0.25, -0.2) is 4.79 Å². The Morgan fingerprint density at radius 3 is 2.41 bits per heavy atom. The summed E-state index contributed by atoms with van der Waals surface area (Å²) in [7, 11) is 1.30. The Kier molecular flexibility index (Phi) is 4.67. The van der Waals surface area contributed by atoms with Crippen molar-refractivity contribution in [3.8, 4) is 0 Å². The number of halogens is 2. The number of alkyl halides is 2. The van der Waals surface area contributed by atoms with Crippen LogP contribution in [0.3, 0.4) is 0 Å². The molecule has 1 saturated carbocycles. The number of hydrogen-bond donors (Lipinski definition) is 1. The first kappa shape index (κ1) is 14.6. The van der Waals surface area contributed by atoms with Gasteiger partial charge in [-0.15, -0.1) is 23.2 Å². The summed E-state index contributed by atoms with van der Waals surface area (Å²) in [6, 6.07) is -0.637. The topological polar surface area (TPSA) is 55.4 Å². The first-order valence-corrected chi connectivity index (χ1v) is 6.35. The molecule has 1 rings (SSSR count). The van der Waals surface area contributed by atoms with Gasteiger partial charge in [-0.1, -0.05) is 20.3 Å². The molecule has 17 heavy (non-hydrogen) atoms. The van der Waals surface area contributed by atoms with E-state index < -0.39 is 22.3 Å². The average molecular weight is 282 g/mol. The maximum absolute atomic E-state index is 11.8. The van der Waals surface area contributed by atoms with Crippen molar-refractivity contribution in [1.29, 1.82) is 0 Å². The van der Waals surface area contributed by atoms with Crippen molar-refractivity contribution < 1.29 is 14.3 Å². The molecule has 0 bridgehead atoms. The van der Waals surface area contributed by atoms with Gasteiger partial charge in [0.05, 0.1) is 13.0 Å². The molecule has 1 fully saturated rings. The minimum atomic E-state index is -0.972. The number of carbonyl (C=O) groups is 2. The van der Waals surface area contributed by atoms with Crippen molar-refractivity contribution >= 4 is 35.1 Å². The molecule has 1 aliphatic carbocycles. The third-order valence-corrected chi connectivity index (χ3v) is 3.94. The molecule has 3 unspecified atom stereocenters. The van der Waals surface area contributed by atoms with Gasteiger partial charge in [0, 0.05) is 0 Å². The monoisotopic (exact) mass is 281 g/mol. The van der Waals surface area contributed by atoms with Crippen LogP contribution in [0.1, 0.15) is 26.7 Å². The maximum atomic E-state index is 11.8. The van der Waals surface area contributed by atoms with Gasteiger partial charge in [-0.3, -0.25) is 4.79 Å². The van der Waals surface area contributed by atoms with Gasteiger partial charge in [0.2, 0.25) is 5.91 Å². The molecule has 0 heterocycles. The molecular weight excluding hydrogens is 265 g/mol. The molecule has 3 atom stereocenters. The van der Waals surface area contributed by atoms with Gasteiger partial charge in [0.25, 0.3) is 0 Å². The van der Waals surface area contributed by atoms with Crippen LogP contribution < -0.4 is 5.32 Å². The van der Waals surface area contributed by atoms with E-state index in [1.165, 1.54) is 7.11 Å². The lowest BCUT2D eigenvalue weighted by atomic mass is 9.99. The smallest absolute Gasteiger partial charge is 0.328 e. The second-order valence-corrected chi connectivity index (χ2v) is 5.96. The van der Waals surface area contributed by atoms with Gasteiger partial charge in [0.15, 0.2) is 0 Å². The predicted octanol–water partition coefficient (Wildman–Crippen LogP) is 1.88. The number of carbonyl (C=O) groups excluding carboxylic acids is 2. The molecule has 1 N–H and O–H groups in total. The highest BCUT2D eigenvalue weighted by molar-refractivity contribution is 6.52. The lowest BCUT2D eigenvalue weighted by Crippen LogP contribution is -2.46. The standard InChI is InChI=1S/C11H17Cl2NO3/c1-4-6(2)8(10(16)17-3)14-9(15)7-5-11(7,12)13/h6-8H,4-5H2,1-3H3,(H,14,15). The second-order valence-electron chi connectivity index (χ2n) is 4.41. The van der Waals surface area contributed by atoms with Gasteiger partial charge in [-0.2, -0.15) is 0 Å². The quantitative estimate of drug-likeness (QED) is 0.619. The van der Waals surface area contributed by atoms with Crippen LogP contribution in [-0.4, -0.2) is 29.4 Å². The molecule has 0 saturated heterocycles. The Balaban J connectivity index is 2.61. The lowest BCUT2D eigenvalue weighted by Gasteiger charge is -2.21. The molecule has 1 aliphatic rings. The Morgan fingerprint density at radius 1 is 1.53 bits per heavy atom. The number of esters is 1. The molecule has 0 aliphatic heterocycles. The van der Waals surface area contributed by atoms with Crippen molar-refractivity contribution in [3.05, 3.63) is 0 Å². The fourth-order valence-corrected chi connectivity index (χ4v) is 2.05. The van der Waals surface area contributed by atoms with Crippen LogP contribution >= 0.6 is 23.2 Å². The fourth-order valence-electron chi connectivity index (χ4n) is 1.55. The van der Waals surface area contributed by atoms with E-state index in [2.05, 4.69) is 10.1 Å². The van der Waals surface area contributed by atoms with E-state index in [4.69, 9.17) is 23.2 Å². The number of methoxy groups -OCH3 is 1. The lowest BCUT2D eigenvalue weighted by molar-refractivity contribution is -0.146. The summed E-state index contributed by atoms with van der Waals surface area (Å²) in [6.45, 7) is 3.82. The normalized spacial score (nSPS) is 24.6. The van der Waals surface area contributed by atoms with Crippen LogP contribution in [0.2, 0.25) is 0 Å². The SMILES string of the molecule is CCC(C)C(NC(=O)C1CC1(Cl)Cl)C(=O)OC. The second kappa shape index (κ2) is 5.44. The van der Waals surface area contributed by atoms with Crippen LogP contribution in [0.4, 0.5) is 0 Å². The van der Waals surface area contributed by atoms with E-state index >= 15 is 0 Å². The zero-order chi connectivity index (χ0) is 13.2. The molecule has 98 valence electrons. The van der Waals surface area contributed by atoms with E-state index in [1.807, 2.05) is 13.8 Å².